The SMILES string of the molecule is COc1ccc([C@H](Cc2c(C)cncc2Cl)OC(=O)c2ccc(CNC(C(=O)OC[C@H]3CCNC3)c3ccccc3)s2)cc1OC. The molecule has 0 bridgehead atoms. The fraction of sp³-hybridized carbons (Fsp3) is 0.343. The molecular weight excluding hydrogens is 626 g/mol. The van der Waals surface area contributed by atoms with Gasteiger partial charge < -0.3 is 24.3 Å². The van der Waals surface area contributed by atoms with Crippen molar-refractivity contribution in [3.63, 3.8) is 0 Å². The third kappa shape index (κ3) is 8.44. The molecule has 3 heterocycles. The van der Waals surface area contributed by atoms with Crippen LogP contribution in [-0.2, 0) is 27.2 Å². The maximum absolute atomic E-state index is 13.5. The summed E-state index contributed by atoms with van der Waals surface area (Å²) >= 11 is 7.82. The lowest BCUT2D eigenvalue weighted by molar-refractivity contribution is -0.147. The van der Waals surface area contributed by atoms with E-state index in [2.05, 4.69) is 15.6 Å². The number of pyridine rings is 1. The highest BCUT2D eigenvalue weighted by atomic mass is 35.5. The van der Waals surface area contributed by atoms with Crippen molar-refractivity contribution in [2.24, 2.45) is 5.92 Å². The van der Waals surface area contributed by atoms with Crippen molar-refractivity contribution >= 4 is 34.9 Å². The van der Waals surface area contributed by atoms with E-state index in [4.69, 9.17) is 30.5 Å². The van der Waals surface area contributed by atoms with Crippen LogP contribution in [0, 0.1) is 12.8 Å². The first kappa shape index (κ1) is 33.4. The number of esters is 2. The van der Waals surface area contributed by atoms with Crippen LogP contribution in [0.4, 0.5) is 0 Å². The Bertz CT molecular complexity index is 1610. The van der Waals surface area contributed by atoms with E-state index in [9.17, 15) is 9.59 Å². The Labute approximate surface area is 278 Å². The largest absolute Gasteiger partial charge is 0.493 e. The normalized spacial score (nSPS) is 15.6. The molecule has 46 heavy (non-hydrogen) atoms. The standard InChI is InChI=1S/C35H38ClN3O6S/c1-22-17-38-20-28(36)27(22)16-30(25-9-11-29(42-2)31(15-25)43-3)45-34(40)32-12-10-26(46-32)19-39-33(24-7-5-4-6-8-24)35(41)44-21-23-13-14-37-18-23/h4-12,15,17,20,23,30,33,37,39H,13-14,16,18-19,21H2,1-3H3/t23-,30-,33?/m0/s1. The van der Waals surface area contributed by atoms with Gasteiger partial charge in [-0.3, -0.25) is 10.3 Å². The van der Waals surface area contributed by atoms with Crippen molar-refractivity contribution in [3.05, 3.63) is 110 Å². The number of aryl methyl sites for hydroxylation is 1. The summed E-state index contributed by atoms with van der Waals surface area (Å²) in [7, 11) is 3.13. The Balaban J connectivity index is 1.30. The smallest absolute Gasteiger partial charge is 0.348 e. The van der Waals surface area contributed by atoms with Crippen molar-refractivity contribution in [2.45, 2.75) is 38.5 Å². The number of nitrogens with zero attached hydrogens (tertiary/aromatic N) is 1. The third-order valence-corrected chi connectivity index (χ3v) is 9.37. The molecule has 9 nitrogen and oxygen atoms in total. The average Bonchev–Trinajstić information content (AvgIpc) is 3.78. The number of nitrogens with one attached hydrogen (secondary N) is 2. The van der Waals surface area contributed by atoms with Crippen molar-refractivity contribution in [1.29, 1.82) is 0 Å². The molecule has 0 spiro atoms. The summed E-state index contributed by atoms with van der Waals surface area (Å²) in [6.45, 7) is 4.47. The Kier molecular flexibility index (Phi) is 11.7. The molecule has 242 valence electrons. The fourth-order valence-electron chi connectivity index (χ4n) is 5.38. The van der Waals surface area contributed by atoms with Crippen LogP contribution in [0.5, 0.6) is 11.5 Å². The van der Waals surface area contributed by atoms with Gasteiger partial charge in [-0.05, 0) is 66.4 Å². The number of halogens is 1. The Morgan fingerprint density at radius 3 is 2.57 bits per heavy atom. The van der Waals surface area contributed by atoms with Gasteiger partial charge in [-0.15, -0.1) is 11.3 Å². The molecule has 4 aromatic rings. The lowest BCUT2D eigenvalue weighted by Crippen LogP contribution is -2.31. The summed E-state index contributed by atoms with van der Waals surface area (Å²) in [6.07, 6.45) is 3.98. The van der Waals surface area contributed by atoms with Crippen molar-refractivity contribution < 1.29 is 28.5 Å². The first-order valence-electron chi connectivity index (χ1n) is 15.1. The minimum Gasteiger partial charge on any atom is -0.493 e. The second-order valence-electron chi connectivity index (χ2n) is 11.1. The molecule has 5 rings (SSSR count). The third-order valence-electron chi connectivity index (χ3n) is 7.97. The molecule has 11 heteroatoms. The van der Waals surface area contributed by atoms with E-state index in [0.29, 0.717) is 46.9 Å². The molecule has 1 aliphatic heterocycles. The van der Waals surface area contributed by atoms with E-state index in [1.54, 1.807) is 44.8 Å². The number of ether oxygens (including phenoxy) is 4. The number of carbonyl (C=O) groups excluding carboxylic acids is 2. The van der Waals surface area contributed by atoms with Crippen LogP contribution in [0.25, 0.3) is 0 Å². The predicted molar refractivity (Wildman–Crippen MR) is 178 cm³/mol. The van der Waals surface area contributed by atoms with E-state index in [0.717, 1.165) is 46.6 Å². The molecule has 2 N–H and O–H groups in total. The number of aromatic nitrogens is 1. The highest BCUT2D eigenvalue weighted by Gasteiger charge is 2.26. The van der Waals surface area contributed by atoms with E-state index in [-0.39, 0.29) is 5.97 Å². The van der Waals surface area contributed by atoms with Crippen LogP contribution in [0.3, 0.4) is 0 Å². The Hall–Kier alpha value is -3.96. The maximum atomic E-state index is 13.5. The minimum absolute atomic E-state index is 0.322. The van der Waals surface area contributed by atoms with Crippen molar-refractivity contribution in [1.82, 2.24) is 15.6 Å². The van der Waals surface area contributed by atoms with E-state index < -0.39 is 18.1 Å². The molecule has 0 saturated carbocycles. The van der Waals surface area contributed by atoms with Crippen LogP contribution in [0.15, 0.2) is 73.1 Å². The molecule has 2 aromatic carbocycles. The zero-order chi connectivity index (χ0) is 32.5. The maximum Gasteiger partial charge on any atom is 0.348 e. The molecular formula is C35H38ClN3O6S. The summed E-state index contributed by atoms with van der Waals surface area (Å²) in [5.41, 5.74) is 3.28. The molecule has 3 atom stereocenters. The number of hydrogen-bond donors (Lipinski definition) is 2. The van der Waals surface area contributed by atoms with Gasteiger partial charge in [0.1, 0.15) is 17.0 Å². The number of benzene rings is 2. The van der Waals surface area contributed by atoms with E-state index >= 15 is 0 Å². The van der Waals surface area contributed by atoms with Gasteiger partial charge in [0.15, 0.2) is 11.5 Å². The first-order valence-corrected chi connectivity index (χ1v) is 16.3. The Morgan fingerprint density at radius 2 is 1.85 bits per heavy atom. The fourth-order valence-corrected chi connectivity index (χ4v) is 6.50. The summed E-state index contributed by atoms with van der Waals surface area (Å²) in [4.78, 5) is 32.2. The van der Waals surface area contributed by atoms with Gasteiger partial charge in [-0.2, -0.15) is 0 Å². The van der Waals surface area contributed by atoms with Gasteiger partial charge in [-0.1, -0.05) is 48.0 Å². The van der Waals surface area contributed by atoms with Gasteiger partial charge in [0.2, 0.25) is 0 Å². The molecule has 1 fully saturated rings. The van der Waals surface area contributed by atoms with Crippen LogP contribution in [-0.4, -0.2) is 50.8 Å². The highest BCUT2D eigenvalue weighted by molar-refractivity contribution is 7.13. The second kappa shape index (κ2) is 16.0. The number of methoxy groups -OCH3 is 2. The number of hydrogen-bond acceptors (Lipinski definition) is 10. The van der Waals surface area contributed by atoms with Gasteiger partial charge in [0, 0.05) is 42.7 Å². The quantitative estimate of drug-likeness (QED) is 0.152. The highest BCUT2D eigenvalue weighted by Crippen LogP contribution is 2.35. The summed E-state index contributed by atoms with van der Waals surface area (Å²) in [6, 6.07) is 17.9. The topological polar surface area (TPSA) is 108 Å². The zero-order valence-corrected chi connectivity index (χ0v) is 27.7. The van der Waals surface area contributed by atoms with Crippen LogP contribution >= 0.6 is 22.9 Å². The molecule has 1 aliphatic rings. The zero-order valence-electron chi connectivity index (χ0n) is 26.1. The van der Waals surface area contributed by atoms with Gasteiger partial charge in [-0.25, -0.2) is 9.59 Å². The van der Waals surface area contributed by atoms with Crippen molar-refractivity contribution in [2.75, 3.05) is 33.9 Å². The molecule has 1 saturated heterocycles. The number of thiophene rings is 1. The molecule has 2 aromatic heterocycles. The molecule has 0 aliphatic carbocycles. The number of rotatable bonds is 14. The van der Waals surface area contributed by atoms with Crippen LogP contribution < -0.4 is 20.1 Å². The lowest BCUT2D eigenvalue weighted by atomic mass is 9.98. The second-order valence-corrected chi connectivity index (χ2v) is 12.7. The van der Waals surface area contributed by atoms with Crippen LogP contribution in [0.2, 0.25) is 5.02 Å². The molecule has 1 unspecified atom stereocenters. The van der Waals surface area contributed by atoms with E-state index in [1.165, 1.54) is 11.3 Å². The van der Waals surface area contributed by atoms with Gasteiger partial charge >= 0.3 is 11.9 Å². The first-order chi connectivity index (χ1) is 22.4. The predicted octanol–water partition coefficient (Wildman–Crippen LogP) is 6.25. The monoisotopic (exact) mass is 663 g/mol. The van der Waals surface area contributed by atoms with E-state index in [1.807, 2.05) is 49.4 Å². The van der Waals surface area contributed by atoms with Gasteiger partial charge in [0.25, 0.3) is 0 Å². The molecule has 0 radical (unpaired) electrons. The van der Waals surface area contributed by atoms with Crippen molar-refractivity contribution in [3.8, 4) is 11.5 Å². The minimum atomic E-state index is -0.665. The Morgan fingerprint density at radius 1 is 1.04 bits per heavy atom. The average molecular weight is 664 g/mol. The van der Waals surface area contributed by atoms with Gasteiger partial charge in [0.05, 0.1) is 25.8 Å². The summed E-state index contributed by atoms with van der Waals surface area (Å²) in [5.74, 6) is 0.625. The van der Waals surface area contributed by atoms with Crippen LogP contribution in [0.1, 0.15) is 55.4 Å². The summed E-state index contributed by atoms with van der Waals surface area (Å²) < 4.78 is 22.8. The lowest BCUT2D eigenvalue weighted by Gasteiger charge is -2.21. The number of carbonyl (C=O) groups is 2. The molecule has 0 amide bonds. The summed E-state index contributed by atoms with van der Waals surface area (Å²) in [5, 5.41) is 7.13.